The van der Waals surface area contributed by atoms with Gasteiger partial charge in [-0.05, 0) is 47.2 Å². The smallest absolute Gasteiger partial charge is 0.303 e. The van der Waals surface area contributed by atoms with Crippen molar-refractivity contribution in [3.8, 4) is 0 Å². The SMILES string of the molecule is CCn1cc(Br)cc1C(=O)NCCC(C)(C)CCC(=O)O. The lowest BCUT2D eigenvalue weighted by Crippen LogP contribution is -2.29. The number of carboxylic acid groups (broad SMARTS) is 1. The molecule has 1 amide bonds. The third kappa shape index (κ3) is 5.91. The van der Waals surface area contributed by atoms with E-state index < -0.39 is 5.97 Å². The van der Waals surface area contributed by atoms with Crippen LogP contribution in [0.15, 0.2) is 16.7 Å². The van der Waals surface area contributed by atoms with Gasteiger partial charge in [0, 0.05) is 30.2 Å². The van der Waals surface area contributed by atoms with Crippen molar-refractivity contribution in [3.05, 3.63) is 22.4 Å². The molecule has 2 N–H and O–H groups in total. The van der Waals surface area contributed by atoms with E-state index in [9.17, 15) is 9.59 Å². The summed E-state index contributed by atoms with van der Waals surface area (Å²) in [6.07, 6.45) is 3.40. The Hall–Kier alpha value is -1.30. The van der Waals surface area contributed by atoms with Crippen LogP contribution in [0.4, 0.5) is 0 Å². The first-order chi connectivity index (χ1) is 9.75. The summed E-state index contributed by atoms with van der Waals surface area (Å²) in [6, 6.07) is 1.80. The molecular formula is C15H23BrN2O3. The maximum Gasteiger partial charge on any atom is 0.303 e. The number of aromatic nitrogens is 1. The van der Waals surface area contributed by atoms with Crippen LogP contribution in [-0.4, -0.2) is 28.1 Å². The molecule has 118 valence electrons. The van der Waals surface area contributed by atoms with Gasteiger partial charge in [0.1, 0.15) is 5.69 Å². The van der Waals surface area contributed by atoms with E-state index in [1.807, 2.05) is 31.5 Å². The van der Waals surface area contributed by atoms with Gasteiger partial charge in [0.2, 0.25) is 0 Å². The molecule has 1 aromatic rings. The zero-order valence-corrected chi connectivity index (χ0v) is 14.4. The minimum Gasteiger partial charge on any atom is -0.481 e. The first kappa shape index (κ1) is 17.8. The summed E-state index contributed by atoms with van der Waals surface area (Å²) in [5.74, 6) is -0.880. The molecule has 0 fully saturated rings. The maximum absolute atomic E-state index is 12.1. The zero-order valence-electron chi connectivity index (χ0n) is 12.8. The van der Waals surface area contributed by atoms with Gasteiger partial charge in [0.25, 0.3) is 5.91 Å². The summed E-state index contributed by atoms with van der Waals surface area (Å²) in [6.45, 7) is 7.30. The largest absolute Gasteiger partial charge is 0.481 e. The van der Waals surface area contributed by atoms with Gasteiger partial charge in [-0.15, -0.1) is 0 Å². The Morgan fingerprint density at radius 2 is 2.05 bits per heavy atom. The quantitative estimate of drug-likeness (QED) is 0.748. The van der Waals surface area contributed by atoms with Gasteiger partial charge in [-0.1, -0.05) is 13.8 Å². The molecule has 0 spiro atoms. The third-order valence-corrected chi connectivity index (χ3v) is 3.97. The number of rotatable bonds is 8. The third-order valence-electron chi connectivity index (χ3n) is 3.54. The molecule has 0 radical (unpaired) electrons. The molecule has 1 aromatic heterocycles. The number of hydrogen-bond donors (Lipinski definition) is 2. The van der Waals surface area contributed by atoms with Crippen molar-refractivity contribution in [1.29, 1.82) is 0 Å². The number of aryl methyl sites for hydroxylation is 1. The van der Waals surface area contributed by atoms with Crippen LogP contribution in [-0.2, 0) is 11.3 Å². The fourth-order valence-electron chi connectivity index (χ4n) is 2.10. The summed E-state index contributed by atoms with van der Waals surface area (Å²) in [7, 11) is 0. The van der Waals surface area contributed by atoms with Crippen LogP contribution in [0.3, 0.4) is 0 Å². The van der Waals surface area contributed by atoms with Crippen molar-refractivity contribution in [1.82, 2.24) is 9.88 Å². The second-order valence-corrected chi connectivity index (χ2v) is 6.81. The van der Waals surface area contributed by atoms with E-state index in [-0.39, 0.29) is 17.7 Å². The lowest BCUT2D eigenvalue weighted by molar-refractivity contribution is -0.137. The number of nitrogens with one attached hydrogen (secondary N) is 1. The molecule has 0 saturated heterocycles. The minimum atomic E-state index is -0.780. The number of carbonyl (C=O) groups excluding carboxylic acids is 1. The van der Waals surface area contributed by atoms with Gasteiger partial charge in [-0.3, -0.25) is 9.59 Å². The summed E-state index contributed by atoms with van der Waals surface area (Å²) >= 11 is 3.37. The van der Waals surface area contributed by atoms with Gasteiger partial charge < -0.3 is 15.0 Å². The van der Waals surface area contributed by atoms with E-state index in [1.165, 1.54) is 0 Å². The number of carboxylic acids is 1. The van der Waals surface area contributed by atoms with Crippen LogP contribution in [0.5, 0.6) is 0 Å². The highest BCUT2D eigenvalue weighted by Gasteiger charge is 2.20. The number of aliphatic carboxylic acids is 1. The molecule has 0 aliphatic carbocycles. The minimum absolute atomic E-state index is 0.0982. The second kappa shape index (κ2) is 7.64. The van der Waals surface area contributed by atoms with E-state index in [2.05, 4.69) is 21.2 Å². The molecule has 21 heavy (non-hydrogen) atoms. The Morgan fingerprint density at radius 1 is 1.38 bits per heavy atom. The average molecular weight is 359 g/mol. The number of carbonyl (C=O) groups is 2. The van der Waals surface area contributed by atoms with Crippen LogP contribution in [0.2, 0.25) is 0 Å². The first-order valence-corrected chi connectivity index (χ1v) is 7.90. The molecule has 1 rings (SSSR count). The molecule has 0 saturated carbocycles. The number of amides is 1. The Kier molecular flexibility index (Phi) is 6.45. The Morgan fingerprint density at radius 3 is 2.62 bits per heavy atom. The second-order valence-electron chi connectivity index (χ2n) is 5.89. The maximum atomic E-state index is 12.1. The average Bonchev–Trinajstić information content (AvgIpc) is 2.77. The van der Waals surface area contributed by atoms with Gasteiger partial charge in [0.15, 0.2) is 0 Å². The molecule has 0 aliphatic heterocycles. The summed E-state index contributed by atoms with van der Waals surface area (Å²) in [5, 5.41) is 11.6. The number of hydrogen-bond acceptors (Lipinski definition) is 2. The molecule has 0 aliphatic rings. The van der Waals surface area contributed by atoms with E-state index in [0.29, 0.717) is 18.7 Å². The van der Waals surface area contributed by atoms with E-state index in [0.717, 1.165) is 17.4 Å². The van der Waals surface area contributed by atoms with Crippen molar-refractivity contribution in [2.24, 2.45) is 5.41 Å². The van der Waals surface area contributed by atoms with Crippen molar-refractivity contribution < 1.29 is 14.7 Å². The van der Waals surface area contributed by atoms with Crippen molar-refractivity contribution >= 4 is 27.8 Å². The van der Waals surface area contributed by atoms with Crippen molar-refractivity contribution in [3.63, 3.8) is 0 Å². The predicted octanol–water partition coefficient (Wildman–Crippen LogP) is 3.28. The fourth-order valence-corrected chi connectivity index (χ4v) is 2.57. The molecule has 6 heteroatoms. The van der Waals surface area contributed by atoms with Crippen molar-refractivity contribution in [2.45, 2.75) is 46.6 Å². The Bertz CT molecular complexity index is 509. The van der Waals surface area contributed by atoms with Crippen LogP contribution in [0.25, 0.3) is 0 Å². The number of halogens is 1. The van der Waals surface area contributed by atoms with Crippen LogP contribution in [0.1, 0.15) is 50.5 Å². The van der Waals surface area contributed by atoms with Crippen LogP contribution >= 0.6 is 15.9 Å². The lowest BCUT2D eigenvalue weighted by Gasteiger charge is -2.23. The highest BCUT2D eigenvalue weighted by molar-refractivity contribution is 9.10. The van der Waals surface area contributed by atoms with E-state index >= 15 is 0 Å². The normalized spacial score (nSPS) is 11.4. The number of nitrogens with zero attached hydrogens (tertiary/aromatic N) is 1. The van der Waals surface area contributed by atoms with Gasteiger partial charge >= 0.3 is 5.97 Å². The van der Waals surface area contributed by atoms with E-state index in [1.54, 1.807) is 6.07 Å². The Labute approximate surface area is 133 Å². The zero-order chi connectivity index (χ0) is 16.0. The molecular weight excluding hydrogens is 336 g/mol. The van der Waals surface area contributed by atoms with Crippen LogP contribution in [0, 0.1) is 5.41 Å². The highest BCUT2D eigenvalue weighted by atomic mass is 79.9. The topological polar surface area (TPSA) is 71.3 Å². The van der Waals surface area contributed by atoms with Gasteiger partial charge in [-0.2, -0.15) is 0 Å². The molecule has 1 heterocycles. The molecule has 0 aromatic carbocycles. The fraction of sp³-hybridized carbons (Fsp3) is 0.600. The first-order valence-electron chi connectivity index (χ1n) is 7.11. The molecule has 0 atom stereocenters. The highest BCUT2D eigenvalue weighted by Crippen LogP contribution is 2.26. The standard InChI is InChI=1S/C15H23BrN2O3/c1-4-18-10-11(16)9-12(18)14(21)17-8-7-15(2,3)6-5-13(19)20/h9-10H,4-8H2,1-3H3,(H,17,21)(H,19,20). The molecule has 0 bridgehead atoms. The molecule has 5 nitrogen and oxygen atoms in total. The summed E-state index contributed by atoms with van der Waals surface area (Å²) in [4.78, 5) is 22.8. The summed E-state index contributed by atoms with van der Waals surface area (Å²) < 4.78 is 2.77. The monoisotopic (exact) mass is 358 g/mol. The molecule has 0 unspecified atom stereocenters. The van der Waals surface area contributed by atoms with Gasteiger partial charge in [0.05, 0.1) is 0 Å². The summed E-state index contributed by atoms with van der Waals surface area (Å²) in [5.41, 5.74) is 0.534. The van der Waals surface area contributed by atoms with E-state index in [4.69, 9.17) is 5.11 Å². The predicted molar refractivity (Wildman–Crippen MR) is 85.4 cm³/mol. The van der Waals surface area contributed by atoms with Crippen molar-refractivity contribution in [2.75, 3.05) is 6.54 Å². The van der Waals surface area contributed by atoms with Gasteiger partial charge in [-0.25, -0.2) is 0 Å². The van der Waals surface area contributed by atoms with Crippen LogP contribution < -0.4 is 5.32 Å². The lowest BCUT2D eigenvalue weighted by atomic mass is 9.84. The Balaban J connectivity index is 2.47.